The van der Waals surface area contributed by atoms with Crippen molar-refractivity contribution in [2.24, 2.45) is 0 Å². The Hall–Kier alpha value is -4.41. The number of furan rings is 1. The largest absolute Gasteiger partial charge is 0.464 e. The number of ether oxygens (including phenoxy) is 1. The molecule has 5 heterocycles. The van der Waals surface area contributed by atoms with Crippen LogP contribution in [0.25, 0.3) is 22.4 Å². The number of fused-ring (bicyclic) bond motifs is 1. The summed E-state index contributed by atoms with van der Waals surface area (Å²) in [6.07, 6.45) is 8.95. The van der Waals surface area contributed by atoms with Crippen LogP contribution in [0.2, 0.25) is 0 Å². The van der Waals surface area contributed by atoms with Crippen molar-refractivity contribution in [1.82, 2.24) is 24.4 Å². The van der Waals surface area contributed by atoms with Gasteiger partial charge in [0.1, 0.15) is 22.8 Å². The van der Waals surface area contributed by atoms with Gasteiger partial charge in [-0.05, 0) is 70.4 Å². The number of aryl methyl sites for hydroxylation is 1. The van der Waals surface area contributed by atoms with Gasteiger partial charge in [-0.2, -0.15) is 4.98 Å². The SMILES string of the molecule is Cc1c(-c2ccco2)c(=O)n(C2CCCC2)c2nc(Nc3ccc(N4CCN(C(=O)OC(C)(C)C)CC4)cn3)ncc12. The Bertz CT molecular complexity index is 1630. The van der Waals surface area contributed by atoms with Gasteiger partial charge < -0.3 is 24.3 Å². The number of nitrogens with zero attached hydrogens (tertiary/aromatic N) is 6. The predicted octanol–water partition coefficient (Wildman–Crippen LogP) is 5.67. The van der Waals surface area contributed by atoms with E-state index in [1.165, 1.54) is 0 Å². The van der Waals surface area contributed by atoms with Crippen molar-refractivity contribution in [1.29, 1.82) is 0 Å². The highest BCUT2D eigenvalue weighted by atomic mass is 16.6. The summed E-state index contributed by atoms with van der Waals surface area (Å²) in [5, 5.41) is 4.04. The third-order valence-corrected chi connectivity index (χ3v) is 7.95. The van der Waals surface area contributed by atoms with Crippen LogP contribution in [0.1, 0.15) is 58.1 Å². The van der Waals surface area contributed by atoms with Crippen LogP contribution in [-0.2, 0) is 4.74 Å². The average molecular weight is 572 g/mol. The molecule has 1 aliphatic heterocycles. The molecule has 1 aliphatic carbocycles. The quantitative estimate of drug-likeness (QED) is 0.323. The molecule has 220 valence electrons. The number of anilines is 3. The fraction of sp³-hybridized carbons (Fsp3) is 0.452. The fourth-order valence-electron chi connectivity index (χ4n) is 5.84. The summed E-state index contributed by atoms with van der Waals surface area (Å²) >= 11 is 0. The van der Waals surface area contributed by atoms with Gasteiger partial charge in [-0.15, -0.1) is 0 Å². The van der Waals surface area contributed by atoms with Gasteiger partial charge in [0.05, 0.1) is 23.7 Å². The second kappa shape index (κ2) is 11.1. The van der Waals surface area contributed by atoms with E-state index in [1.807, 2.05) is 50.5 Å². The molecule has 0 spiro atoms. The summed E-state index contributed by atoms with van der Waals surface area (Å²) in [6.45, 7) is 10.1. The fourth-order valence-corrected chi connectivity index (χ4v) is 5.84. The summed E-state index contributed by atoms with van der Waals surface area (Å²) in [5.74, 6) is 1.54. The van der Waals surface area contributed by atoms with Gasteiger partial charge in [-0.25, -0.2) is 14.8 Å². The van der Waals surface area contributed by atoms with E-state index in [-0.39, 0.29) is 17.7 Å². The van der Waals surface area contributed by atoms with E-state index < -0.39 is 5.60 Å². The molecule has 2 aliphatic rings. The maximum Gasteiger partial charge on any atom is 0.410 e. The third kappa shape index (κ3) is 5.55. The highest BCUT2D eigenvalue weighted by molar-refractivity contribution is 5.85. The van der Waals surface area contributed by atoms with Crippen molar-refractivity contribution in [3.8, 4) is 11.3 Å². The number of nitrogens with one attached hydrogen (secondary N) is 1. The lowest BCUT2D eigenvalue weighted by Crippen LogP contribution is -2.50. The number of rotatable bonds is 5. The molecular formula is C31H37N7O4. The maximum absolute atomic E-state index is 13.8. The molecule has 1 saturated heterocycles. The van der Waals surface area contributed by atoms with Crippen LogP contribution in [0.4, 0.5) is 22.2 Å². The Kier molecular flexibility index (Phi) is 7.34. The number of hydrogen-bond donors (Lipinski definition) is 1. The Labute approximate surface area is 244 Å². The number of hydrogen-bond acceptors (Lipinski definition) is 9. The molecule has 0 bridgehead atoms. The summed E-state index contributed by atoms with van der Waals surface area (Å²) in [7, 11) is 0. The van der Waals surface area contributed by atoms with Crippen LogP contribution < -0.4 is 15.8 Å². The molecule has 4 aromatic rings. The van der Waals surface area contributed by atoms with Crippen molar-refractivity contribution in [3.05, 3.63) is 58.8 Å². The number of carbonyl (C=O) groups excluding carboxylic acids is 1. The first-order valence-electron chi connectivity index (χ1n) is 14.6. The average Bonchev–Trinajstić information content (AvgIpc) is 3.68. The van der Waals surface area contributed by atoms with Gasteiger partial charge in [0.25, 0.3) is 5.56 Å². The molecule has 11 heteroatoms. The molecule has 42 heavy (non-hydrogen) atoms. The number of amides is 1. The van der Waals surface area contributed by atoms with Crippen molar-refractivity contribution < 1.29 is 13.9 Å². The summed E-state index contributed by atoms with van der Waals surface area (Å²) < 4.78 is 13.0. The Morgan fingerprint density at radius 2 is 1.81 bits per heavy atom. The third-order valence-electron chi connectivity index (χ3n) is 7.95. The standard InChI is InChI=1S/C31H37N7O4/c1-20-23-19-33-29(35-27(23)38(21-8-5-6-9-21)28(39)26(20)24-10-7-17-41-24)34-25-12-11-22(18-32-25)36-13-15-37(16-14-36)30(40)42-31(2,3)4/h7,10-12,17-19,21H,5-6,8-9,13-16H2,1-4H3,(H,32,33,34,35). The van der Waals surface area contributed by atoms with Gasteiger partial charge in [0, 0.05) is 43.8 Å². The minimum atomic E-state index is -0.508. The van der Waals surface area contributed by atoms with Crippen molar-refractivity contribution in [2.45, 2.75) is 65.0 Å². The lowest BCUT2D eigenvalue weighted by atomic mass is 10.0. The van der Waals surface area contributed by atoms with Gasteiger partial charge in [0.15, 0.2) is 0 Å². The number of pyridine rings is 2. The monoisotopic (exact) mass is 571 g/mol. The van der Waals surface area contributed by atoms with E-state index in [0.717, 1.165) is 42.3 Å². The zero-order valence-electron chi connectivity index (χ0n) is 24.6. The minimum Gasteiger partial charge on any atom is -0.464 e. The van der Waals surface area contributed by atoms with Crippen molar-refractivity contribution >= 4 is 34.6 Å². The van der Waals surface area contributed by atoms with Gasteiger partial charge in [-0.3, -0.25) is 9.36 Å². The summed E-state index contributed by atoms with van der Waals surface area (Å²) in [5.41, 5.74) is 2.37. The first kappa shape index (κ1) is 27.7. The molecule has 0 atom stereocenters. The molecule has 0 unspecified atom stereocenters. The van der Waals surface area contributed by atoms with Crippen LogP contribution in [0.15, 0.2) is 52.1 Å². The normalized spacial score (nSPS) is 16.3. The number of carbonyl (C=O) groups is 1. The highest BCUT2D eigenvalue weighted by Gasteiger charge is 2.27. The van der Waals surface area contributed by atoms with E-state index >= 15 is 0 Å². The zero-order chi connectivity index (χ0) is 29.4. The van der Waals surface area contributed by atoms with Crippen LogP contribution in [0, 0.1) is 6.92 Å². The molecule has 6 rings (SSSR count). The van der Waals surface area contributed by atoms with Crippen molar-refractivity contribution in [3.63, 3.8) is 0 Å². The molecule has 4 aromatic heterocycles. The summed E-state index contributed by atoms with van der Waals surface area (Å²) in [4.78, 5) is 44.2. The first-order chi connectivity index (χ1) is 20.2. The van der Waals surface area contributed by atoms with Crippen LogP contribution >= 0.6 is 0 Å². The Morgan fingerprint density at radius 1 is 1.05 bits per heavy atom. The van der Waals surface area contributed by atoms with Gasteiger partial charge in [0.2, 0.25) is 5.95 Å². The smallest absolute Gasteiger partial charge is 0.410 e. The molecule has 11 nitrogen and oxygen atoms in total. The molecule has 1 N–H and O–H groups in total. The zero-order valence-corrected chi connectivity index (χ0v) is 24.6. The van der Waals surface area contributed by atoms with Crippen LogP contribution in [0.3, 0.4) is 0 Å². The van der Waals surface area contributed by atoms with E-state index in [0.29, 0.717) is 54.9 Å². The molecule has 0 aromatic carbocycles. The second-order valence-electron chi connectivity index (χ2n) is 12.0. The van der Waals surface area contributed by atoms with E-state index in [9.17, 15) is 9.59 Å². The van der Waals surface area contributed by atoms with Crippen molar-refractivity contribution in [2.75, 3.05) is 36.4 Å². The minimum absolute atomic E-state index is 0.0826. The topological polar surface area (TPSA) is 119 Å². The van der Waals surface area contributed by atoms with Gasteiger partial charge >= 0.3 is 6.09 Å². The maximum atomic E-state index is 13.8. The van der Waals surface area contributed by atoms with Crippen LogP contribution in [-0.4, -0.2) is 62.3 Å². The molecule has 2 fully saturated rings. The molecule has 1 amide bonds. The number of piperazine rings is 1. The molecule has 0 radical (unpaired) electrons. The van der Waals surface area contributed by atoms with Gasteiger partial charge in [-0.1, -0.05) is 12.8 Å². The summed E-state index contributed by atoms with van der Waals surface area (Å²) in [6, 6.07) is 7.59. The number of aromatic nitrogens is 4. The lowest BCUT2D eigenvalue weighted by molar-refractivity contribution is 0.0240. The van der Waals surface area contributed by atoms with E-state index in [4.69, 9.17) is 14.1 Å². The molecule has 1 saturated carbocycles. The van der Waals surface area contributed by atoms with E-state index in [2.05, 4.69) is 20.2 Å². The Morgan fingerprint density at radius 3 is 2.45 bits per heavy atom. The predicted molar refractivity (Wildman–Crippen MR) is 161 cm³/mol. The second-order valence-corrected chi connectivity index (χ2v) is 12.0. The van der Waals surface area contributed by atoms with E-state index in [1.54, 1.807) is 29.6 Å². The highest BCUT2D eigenvalue weighted by Crippen LogP contribution is 2.34. The Balaban J connectivity index is 1.21. The molecular weight excluding hydrogens is 534 g/mol. The lowest BCUT2D eigenvalue weighted by Gasteiger charge is -2.36. The van der Waals surface area contributed by atoms with Crippen LogP contribution in [0.5, 0.6) is 0 Å². The first-order valence-corrected chi connectivity index (χ1v) is 14.6.